The maximum absolute atomic E-state index is 13.2. The Morgan fingerprint density at radius 2 is 2.07 bits per heavy atom. The van der Waals surface area contributed by atoms with Crippen molar-refractivity contribution >= 4 is 17.7 Å². The first kappa shape index (κ1) is 11.2. The minimum atomic E-state index is -1.03. The van der Waals surface area contributed by atoms with Crippen LogP contribution < -0.4 is 11.5 Å². The number of nitrogens with two attached hydrogens (primary N) is 2. The van der Waals surface area contributed by atoms with Crippen LogP contribution in [-0.2, 0) is 4.79 Å². The van der Waals surface area contributed by atoms with Gasteiger partial charge >= 0.3 is 0 Å². The molecule has 0 aromatic heterocycles. The number of benzene rings is 1. The molecule has 1 rings (SSSR count). The summed E-state index contributed by atoms with van der Waals surface area (Å²) in [6.07, 6.45) is 2.52. The number of nitrogen functional groups attached to an aromatic ring is 1. The Hall–Kier alpha value is -1.91. The van der Waals surface area contributed by atoms with Crippen molar-refractivity contribution in [2.24, 2.45) is 5.73 Å². The van der Waals surface area contributed by atoms with E-state index in [0.29, 0.717) is 0 Å². The molecule has 5 heteroatoms. The highest BCUT2D eigenvalue weighted by molar-refractivity contribution is 5.77. The van der Waals surface area contributed by atoms with E-state index in [9.17, 15) is 13.6 Å². The van der Waals surface area contributed by atoms with E-state index < -0.39 is 17.5 Å². The number of rotatable bonds is 3. The van der Waals surface area contributed by atoms with Crippen molar-refractivity contribution < 1.29 is 13.6 Å². The smallest absolute Gasteiger partial charge is 0.221 e. The first-order valence-corrected chi connectivity index (χ1v) is 4.20. The number of hydrogen-bond donors (Lipinski definition) is 2. The number of anilines is 1. The molecule has 0 heterocycles. The van der Waals surface area contributed by atoms with Gasteiger partial charge in [0.15, 0.2) is 11.6 Å². The Balaban J connectivity index is 2.98. The maximum Gasteiger partial charge on any atom is 0.221 e. The van der Waals surface area contributed by atoms with Gasteiger partial charge in [0, 0.05) is 17.7 Å². The van der Waals surface area contributed by atoms with Crippen molar-refractivity contribution in [2.45, 2.75) is 6.42 Å². The molecular weight excluding hydrogens is 202 g/mol. The lowest BCUT2D eigenvalue weighted by atomic mass is 10.1. The van der Waals surface area contributed by atoms with Crippen LogP contribution in [0.1, 0.15) is 12.0 Å². The van der Waals surface area contributed by atoms with Crippen LogP contribution in [0.2, 0.25) is 0 Å². The van der Waals surface area contributed by atoms with E-state index >= 15 is 0 Å². The van der Waals surface area contributed by atoms with Crippen LogP contribution in [0.4, 0.5) is 14.5 Å². The number of halogens is 2. The normalized spacial score (nSPS) is 10.8. The predicted octanol–water partition coefficient (Wildman–Crippen LogP) is 1.44. The van der Waals surface area contributed by atoms with E-state index in [-0.39, 0.29) is 17.7 Å². The molecular formula is C10H10F2N2O. The van der Waals surface area contributed by atoms with E-state index in [1.54, 1.807) is 0 Å². The van der Waals surface area contributed by atoms with Gasteiger partial charge in [-0.1, -0.05) is 12.2 Å². The number of carbonyl (C=O) groups is 1. The second kappa shape index (κ2) is 4.54. The van der Waals surface area contributed by atoms with Gasteiger partial charge in [-0.25, -0.2) is 8.78 Å². The average Bonchev–Trinajstić information content (AvgIpc) is 2.17. The van der Waals surface area contributed by atoms with Crippen LogP contribution in [0, 0.1) is 11.6 Å². The molecule has 0 unspecified atom stereocenters. The first-order chi connectivity index (χ1) is 7.02. The SMILES string of the molecule is NC(=O)CC=Cc1c(N)ccc(F)c1F. The molecule has 0 aliphatic rings. The van der Waals surface area contributed by atoms with Gasteiger partial charge in [-0.2, -0.15) is 0 Å². The number of primary amides is 1. The van der Waals surface area contributed by atoms with Gasteiger partial charge in [0.1, 0.15) is 0 Å². The van der Waals surface area contributed by atoms with Crippen LogP contribution in [0.5, 0.6) is 0 Å². The molecule has 1 amide bonds. The van der Waals surface area contributed by atoms with Crippen molar-refractivity contribution in [3.05, 3.63) is 35.4 Å². The van der Waals surface area contributed by atoms with Gasteiger partial charge in [0.25, 0.3) is 0 Å². The number of hydrogen-bond acceptors (Lipinski definition) is 2. The molecule has 0 bridgehead atoms. The molecule has 0 aliphatic heterocycles. The van der Waals surface area contributed by atoms with Crippen LogP contribution in [-0.4, -0.2) is 5.91 Å². The molecule has 15 heavy (non-hydrogen) atoms. The van der Waals surface area contributed by atoms with Gasteiger partial charge in [-0.05, 0) is 12.1 Å². The molecule has 0 atom stereocenters. The minimum absolute atomic E-state index is 0.0462. The molecule has 0 aliphatic carbocycles. The highest BCUT2D eigenvalue weighted by Crippen LogP contribution is 2.20. The maximum atomic E-state index is 13.2. The monoisotopic (exact) mass is 212 g/mol. The second-order valence-electron chi connectivity index (χ2n) is 2.94. The Bertz CT molecular complexity index is 416. The third-order valence-corrected chi connectivity index (χ3v) is 1.77. The van der Waals surface area contributed by atoms with E-state index in [1.807, 2.05) is 0 Å². The van der Waals surface area contributed by atoms with Crippen molar-refractivity contribution in [3.63, 3.8) is 0 Å². The van der Waals surface area contributed by atoms with Gasteiger partial charge in [-0.3, -0.25) is 4.79 Å². The zero-order chi connectivity index (χ0) is 11.4. The quantitative estimate of drug-likeness (QED) is 0.744. The van der Waals surface area contributed by atoms with Crippen LogP contribution in [0.25, 0.3) is 6.08 Å². The Morgan fingerprint density at radius 3 is 2.67 bits per heavy atom. The number of carbonyl (C=O) groups excluding carboxylic acids is 1. The number of amides is 1. The van der Waals surface area contributed by atoms with Crippen molar-refractivity contribution in [1.82, 2.24) is 0 Å². The molecule has 0 radical (unpaired) electrons. The van der Waals surface area contributed by atoms with E-state index in [2.05, 4.69) is 0 Å². The largest absolute Gasteiger partial charge is 0.398 e. The summed E-state index contributed by atoms with van der Waals surface area (Å²) < 4.78 is 26.0. The second-order valence-corrected chi connectivity index (χ2v) is 2.94. The fourth-order valence-electron chi connectivity index (χ4n) is 1.04. The standard InChI is InChI=1S/C10H10F2N2O/c11-7-4-5-8(13)6(10(7)12)2-1-3-9(14)15/h1-2,4-5H,3,13H2,(H2,14,15). The van der Waals surface area contributed by atoms with Gasteiger partial charge in [0.2, 0.25) is 5.91 Å². The minimum Gasteiger partial charge on any atom is -0.398 e. The van der Waals surface area contributed by atoms with Crippen LogP contribution in [0.15, 0.2) is 18.2 Å². The molecule has 0 spiro atoms. The Kier molecular flexibility index (Phi) is 3.38. The zero-order valence-corrected chi connectivity index (χ0v) is 7.84. The topological polar surface area (TPSA) is 69.1 Å². The van der Waals surface area contributed by atoms with E-state index in [0.717, 1.165) is 6.07 Å². The summed E-state index contributed by atoms with van der Waals surface area (Å²) in [4.78, 5) is 10.4. The van der Waals surface area contributed by atoms with Crippen LogP contribution in [0.3, 0.4) is 0 Å². The average molecular weight is 212 g/mol. The molecule has 4 N–H and O–H groups in total. The summed E-state index contributed by atoms with van der Waals surface area (Å²) in [6.45, 7) is 0. The molecule has 3 nitrogen and oxygen atoms in total. The lowest BCUT2D eigenvalue weighted by molar-refractivity contribution is -0.117. The summed E-state index contributed by atoms with van der Waals surface area (Å²) in [6, 6.07) is 2.19. The van der Waals surface area contributed by atoms with E-state index in [4.69, 9.17) is 11.5 Å². The molecule has 1 aromatic carbocycles. The summed E-state index contributed by atoms with van der Waals surface area (Å²) in [5, 5.41) is 0. The van der Waals surface area contributed by atoms with Crippen molar-refractivity contribution in [2.75, 3.05) is 5.73 Å². The molecule has 0 fully saturated rings. The summed E-state index contributed by atoms with van der Waals surface area (Å²) >= 11 is 0. The fraction of sp³-hybridized carbons (Fsp3) is 0.100. The summed E-state index contributed by atoms with van der Waals surface area (Å²) in [5.74, 6) is -2.57. The van der Waals surface area contributed by atoms with Crippen molar-refractivity contribution in [1.29, 1.82) is 0 Å². The summed E-state index contributed by atoms with van der Waals surface area (Å²) in [5.41, 5.74) is 10.3. The fourth-order valence-corrected chi connectivity index (χ4v) is 1.04. The van der Waals surface area contributed by atoms with Gasteiger partial charge < -0.3 is 11.5 Å². The molecule has 0 saturated heterocycles. The Morgan fingerprint density at radius 1 is 1.40 bits per heavy atom. The third kappa shape index (κ3) is 2.77. The first-order valence-electron chi connectivity index (χ1n) is 4.20. The molecule has 80 valence electrons. The third-order valence-electron chi connectivity index (χ3n) is 1.77. The lowest BCUT2D eigenvalue weighted by Gasteiger charge is -2.02. The Labute approximate surface area is 85.4 Å². The van der Waals surface area contributed by atoms with Gasteiger partial charge in [0.05, 0.1) is 0 Å². The van der Waals surface area contributed by atoms with E-state index in [1.165, 1.54) is 18.2 Å². The molecule has 1 aromatic rings. The zero-order valence-electron chi connectivity index (χ0n) is 7.84. The summed E-state index contributed by atoms with van der Waals surface area (Å²) in [7, 11) is 0. The highest BCUT2D eigenvalue weighted by Gasteiger charge is 2.08. The van der Waals surface area contributed by atoms with Crippen LogP contribution >= 0.6 is 0 Å². The van der Waals surface area contributed by atoms with Crippen molar-refractivity contribution in [3.8, 4) is 0 Å². The predicted molar refractivity (Wildman–Crippen MR) is 53.6 cm³/mol. The van der Waals surface area contributed by atoms with Gasteiger partial charge in [-0.15, -0.1) is 0 Å². The molecule has 0 saturated carbocycles. The lowest BCUT2D eigenvalue weighted by Crippen LogP contribution is -2.08. The highest BCUT2D eigenvalue weighted by atomic mass is 19.2.